The van der Waals surface area contributed by atoms with Crippen molar-refractivity contribution >= 4 is 5.82 Å². The maximum atomic E-state index is 4.42. The number of anilines is 1. The predicted octanol–water partition coefficient (Wildman–Crippen LogP) is 1.49. The van der Waals surface area contributed by atoms with Crippen molar-refractivity contribution in [1.82, 2.24) is 24.7 Å². The molecule has 0 amide bonds. The van der Waals surface area contributed by atoms with Crippen molar-refractivity contribution < 1.29 is 0 Å². The van der Waals surface area contributed by atoms with Crippen LogP contribution in [0.1, 0.15) is 36.3 Å². The fourth-order valence-corrected chi connectivity index (χ4v) is 2.48. The average Bonchev–Trinajstić information content (AvgIpc) is 2.69. The van der Waals surface area contributed by atoms with E-state index in [0.717, 1.165) is 24.5 Å². The van der Waals surface area contributed by atoms with E-state index < -0.39 is 0 Å². The molecule has 0 unspecified atom stereocenters. The van der Waals surface area contributed by atoms with Crippen molar-refractivity contribution in [3.05, 3.63) is 29.7 Å². The van der Waals surface area contributed by atoms with Gasteiger partial charge in [0.2, 0.25) is 0 Å². The molecule has 0 aromatic carbocycles. The van der Waals surface area contributed by atoms with Crippen molar-refractivity contribution in [2.45, 2.75) is 38.6 Å². The molecule has 0 radical (unpaired) electrons. The molecule has 1 aliphatic carbocycles. The summed E-state index contributed by atoms with van der Waals surface area (Å²) in [5, 5.41) is 11.3. The van der Waals surface area contributed by atoms with Gasteiger partial charge in [0.25, 0.3) is 0 Å². The highest BCUT2D eigenvalue weighted by atomic mass is 15.3. The van der Waals surface area contributed by atoms with Crippen LogP contribution in [-0.2, 0) is 26.4 Å². The molecule has 6 heteroatoms. The second-order valence-corrected chi connectivity index (χ2v) is 4.92. The number of hydrogen-bond acceptors (Lipinski definition) is 5. The fourth-order valence-electron chi connectivity index (χ4n) is 2.48. The van der Waals surface area contributed by atoms with Gasteiger partial charge in [-0.05, 0) is 25.7 Å². The Morgan fingerprint density at radius 3 is 2.95 bits per heavy atom. The Labute approximate surface area is 112 Å². The van der Waals surface area contributed by atoms with Gasteiger partial charge in [-0.1, -0.05) is 6.42 Å². The highest BCUT2D eigenvalue weighted by Crippen LogP contribution is 2.23. The number of aryl methyl sites for hydroxylation is 2. The van der Waals surface area contributed by atoms with Crippen LogP contribution >= 0.6 is 0 Å². The van der Waals surface area contributed by atoms with Crippen molar-refractivity contribution in [2.24, 2.45) is 7.05 Å². The Bertz CT molecular complexity index is 562. The van der Waals surface area contributed by atoms with Crippen LogP contribution < -0.4 is 5.32 Å². The van der Waals surface area contributed by atoms with E-state index in [9.17, 15) is 0 Å². The molecule has 2 aromatic heterocycles. The van der Waals surface area contributed by atoms with Crippen LogP contribution in [0.3, 0.4) is 0 Å². The van der Waals surface area contributed by atoms with Crippen molar-refractivity contribution in [2.75, 3.05) is 5.32 Å². The van der Waals surface area contributed by atoms with Crippen molar-refractivity contribution in [3.8, 4) is 0 Å². The summed E-state index contributed by atoms with van der Waals surface area (Å²) in [6, 6.07) is 0. The number of nitrogens with one attached hydrogen (secondary N) is 1. The predicted molar refractivity (Wildman–Crippen MR) is 71.6 cm³/mol. The van der Waals surface area contributed by atoms with Crippen LogP contribution in [0.5, 0.6) is 0 Å². The standard InChI is InChI=1S/C13H18N6/c1-19-9-17-18-12(19)7-14-13-10-5-3-2-4-6-11(10)15-8-16-13/h8-9H,2-7H2,1H3,(H,14,15,16). The highest BCUT2D eigenvalue weighted by Gasteiger charge is 2.14. The van der Waals surface area contributed by atoms with E-state index in [1.54, 1.807) is 12.7 Å². The molecule has 3 rings (SSSR count). The van der Waals surface area contributed by atoms with Gasteiger partial charge in [0.15, 0.2) is 5.82 Å². The molecule has 0 spiro atoms. The minimum absolute atomic E-state index is 0.639. The van der Waals surface area contributed by atoms with E-state index in [2.05, 4.69) is 25.5 Å². The molecule has 0 saturated heterocycles. The molecule has 2 aromatic rings. The number of hydrogen-bond donors (Lipinski definition) is 1. The van der Waals surface area contributed by atoms with Crippen LogP contribution in [0, 0.1) is 0 Å². The summed E-state index contributed by atoms with van der Waals surface area (Å²) in [6.45, 7) is 0.639. The van der Waals surface area contributed by atoms with Gasteiger partial charge in [-0.25, -0.2) is 9.97 Å². The first-order valence-electron chi connectivity index (χ1n) is 6.74. The average molecular weight is 258 g/mol. The molecule has 0 atom stereocenters. The van der Waals surface area contributed by atoms with E-state index in [-0.39, 0.29) is 0 Å². The van der Waals surface area contributed by atoms with Gasteiger partial charge in [-0.3, -0.25) is 0 Å². The Morgan fingerprint density at radius 1 is 1.21 bits per heavy atom. The molecule has 2 heterocycles. The highest BCUT2D eigenvalue weighted by molar-refractivity contribution is 5.46. The lowest BCUT2D eigenvalue weighted by Crippen LogP contribution is -2.10. The molecule has 19 heavy (non-hydrogen) atoms. The van der Waals surface area contributed by atoms with Crippen LogP contribution in [0.4, 0.5) is 5.82 Å². The Balaban J connectivity index is 1.79. The molecule has 0 fully saturated rings. The molecule has 6 nitrogen and oxygen atoms in total. The van der Waals surface area contributed by atoms with Crippen molar-refractivity contribution in [3.63, 3.8) is 0 Å². The lowest BCUT2D eigenvalue weighted by molar-refractivity contribution is 0.708. The lowest BCUT2D eigenvalue weighted by Gasteiger charge is -2.11. The molecule has 0 saturated carbocycles. The third-order valence-electron chi connectivity index (χ3n) is 3.59. The summed E-state index contributed by atoms with van der Waals surface area (Å²) in [6.07, 6.45) is 9.22. The SMILES string of the molecule is Cn1cnnc1CNc1ncnc2c1CCCCC2. The number of rotatable bonds is 3. The molecule has 0 bridgehead atoms. The first kappa shape index (κ1) is 12.1. The van der Waals surface area contributed by atoms with Crippen LogP contribution in [0.2, 0.25) is 0 Å². The zero-order valence-electron chi connectivity index (χ0n) is 11.1. The molecule has 1 aliphatic rings. The minimum Gasteiger partial charge on any atom is -0.362 e. The first-order valence-corrected chi connectivity index (χ1v) is 6.74. The third-order valence-corrected chi connectivity index (χ3v) is 3.59. The number of aromatic nitrogens is 5. The fraction of sp³-hybridized carbons (Fsp3) is 0.538. The Morgan fingerprint density at radius 2 is 2.11 bits per heavy atom. The summed E-state index contributed by atoms with van der Waals surface area (Å²) in [7, 11) is 1.94. The van der Waals surface area contributed by atoms with Gasteiger partial charge in [0.1, 0.15) is 18.5 Å². The van der Waals surface area contributed by atoms with Gasteiger partial charge in [-0.2, -0.15) is 0 Å². The van der Waals surface area contributed by atoms with E-state index in [1.165, 1.54) is 30.5 Å². The maximum Gasteiger partial charge on any atom is 0.151 e. The van der Waals surface area contributed by atoms with E-state index in [0.29, 0.717) is 6.54 Å². The molecule has 100 valence electrons. The summed E-state index contributed by atoms with van der Waals surface area (Å²) in [5.74, 6) is 1.86. The number of fused-ring (bicyclic) bond motifs is 1. The van der Waals surface area contributed by atoms with E-state index >= 15 is 0 Å². The second-order valence-electron chi connectivity index (χ2n) is 4.92. The van der Waals surface area contributed by atoms with Gasteiger partial charge in [-0.15, -0.1) is 10.2 Å². The molecule has 0 aliphatic heterocycles. The van der Waals surface area contributed by atoms with Crippen LogP contribution in [0.25, 0.3) is 0 Å². The van der Waals surface area contributed by atoms with E-state index in [4.69, 9.17) is 0 Å². The van der Waals surface area contributed by atoms with Gasteiger partial charge < -0.3 is 9.88 Å². The quantitative estimate of drug-likeness (QED) is 0.845. The molecular formula is C13H18N6. The Kier molecular flexibility index (Phi) is 3.39. The van der Waals surface area contributed by atoms with Gasteiger partial charge in [0.05, 0.1) is 6.54 Å². The lowest BCUT2D eigenvalue weighted by atomic mass is 10.1. The third kappa shape index (κ3) is 2.57. The zero-order valence-corrected chi connectivity index (χ0v) is 11.1. The van der Waals surface area contributed by atoms with Crippen LogP contribution in [-0.4, -0.2) is 24.7 Å². The number of nitrogens with zero attached hydrogens (tertiary/aromatic N) is 5. The largest absolute Gasteiger partial charge is 0.362 e. The van der Waals surface area contributed by atoms with Gasteiger partial charge in [0, 0.05) is 18.3 Å². The molecular weight excluding hydrogens is 240 g/mol. The summed E-state index contributed by atoms with van der Waals surface area (Å²) >= 11 is 0. The Hall–Kier alpha value is -1.98. The zero-order chi connectivity index (χ0) is 13.1. The topological polar surface area (TPSA) is 68.5 Å². The minimum atomic E-state index is 0.639. The van der Waals surface area contributed by atoms with Crippen LogP contribution in [0.15, 0.2) is 12.7 Å². The monoisotopic (exact) mass is 258 g/mol. The smallest absolute Gasteiger partial charge is 0.151 e. The summed E-state index contributed by atoms with van der Waals surface area (Å²) < 4.78 is 1.91. The summed E-state index contributed by atoms with van der Waals surface area (Å²) in [5.41, 5.74) is 2.48. The van der Waals surface area contributed by atoms with Crippen molar-refractivity contribution in [1.29, 1.82) is 0 Å². The first-order chi connectivity index (χ1) is 9.34. The molecule has 1 N–H and O–H groups in total. The summed E-state index contributed by atoms with van der Waals surface area (Å²) in [4.78, 5) is 8.80. The normalized spacial score (nSPS) is 14.8. The van der Waals surface area contributed by atoms with E-state index in [1.807, 2.05) is 11.6 Å². The second kappa shape index (κ2) is 5.34. The van der Waals surface area contributed by atoms with Gasteiger partial charge >= 0.3 is 0 Å². The maximum absolute atomic E-state index is 4.42.